The number of amides is 1. The number of carbonyl (C=O) groups excluding carboxylic acids is 5. The molecule has 9 nitrogen and oxygen atoms in total. The van der Waals surface area contributed by atoms with E-state index in [0.717, 1.165) is 19.3 Å². The summed E-state index contributed by atoms with van der Waals surface area (Å²) in [5, 5.41) is 0. The summed E-state index contributed by atoms with van der Waals surface area (Å²) in [6.45, 7) is 22.0. The van der Waals surface area contributed by atoms with E-state index in [-0.39, 0.29) is 77.5 Å². The van der Waals surface area contributed by atoms with E-state index in [0.29, 0.717) is 19.4 Å². The lowest BCUT2D eigenvalue weighted by Gasteiger charge is -2.38. The zero-order chi connectivity index (χ0) is 36.8. The minimum Gasteiger partial charge on any atom is -0.332 e. The summed E-state index contributed by atoms with van der Waals surface area (Å²) in [4.78, 5) is 70.3. The quantitative estimate of drug-likeness (QED) is 0.175. The van der Waals surface area contributed by atoms with Crippen LogP contribution in [0.5, 0.6) is 0 Å². The second-order valence-electron chi connectivity index (χ2n) is 19.0. The van der Waals surface area contributed by atoms with Crippen molar-refractivity contribution in [2.75, 3.05) is 19.3 Å². The first-order valence-electron chi connectivity index (χ1n) is 18.1. The molecule has 10 heteroatoms. The van der Waals surface area contributed by atoms with Crippen molar-refractivity contribution in [3.63, 3.8) is 0 Å². The van der Waals surface area contributed by atoms with E-state index in [4.69, 9.17) is 0 Å². The highest BCUT2D eigenvalue weighted by Crippen LogP contribution is 2.65. The average Bonchev–Trinajstić information content (AvgIpc) is 3.22. The van der Waals surface area contributed by atoms with Crippen molar-refractivity contribution in [2.45, 2.75) is 146 Å². The third kappa shape index (κ3) is 9.64. The molecule has 1 amide bonds. The van der Waals surface area contributed by atoms with E-state index >= 15 is 0 Å². The summed E-state index contributed by atoms with van der Waals surface area (Å²) < 4.78 is 26.9. The van der Waals surface area contributed by atoms with Crippen LogP contribution in [-0.4, -0.2) is 77.6 Å². The maximum atomic E-state index is 14.3. The van der Waals surface area contributed by atoms with Gasteiger partial charge < -0.3 is 4.90 Å². The molecule has 0 N–H and O–H groups in total. The van der Waals surface area contributed by atoms with Crippen molar-refractivity contribution in [2.24, 2.45) is 45.8 Å². The topological polar surface area (TPSA) is 126 Å². The Morgan fingerprint density at radius 3 is 1.98 bits per heavy atom. The van der Waals surface area contributed by atoms with Gasteiger partial charge >= 0.3 is 0 Å². The Bertz CT molecular complexity index is 1360. The maximum Gasteiger partial charge on any atom is 0.227 e. The van der Waals surface area contributed by atoms with Crippen LogP contribution in [0.25, 0.3) is 0 Å². The number of sulfonamides is 1. The Morgan fingerprint density at radius 2 is 1.50 bits per heavy atom. The zero-order valence-corrected chi connectivity index (χ0v) is 32.7. The Labute approximate surface area is 290 Å². The third-order valence-corrected chi connectivity index (χ3v) is 13.6. The summed E-state index contributed by atoms with van der Waals surface area (Å²) >= 11 is 0. The first-order valence-corrected chi connectivity index (χ1v) is 19.7. The Morgan fingerprint density at radius 1 is 0.917 bits per heavy atom. The molecule has 0 aromatic rings. The van der Waals surface area contributed by atoms with Crippen molar-refractivity contribution in [1.29, 1.82) is 0 Å². The SMILES string of the molecule is CN(C(C)(C)C)S(=O)(=O)CCCC(=O)C(=O)C(CC(=O)[C@@H]1[C@@H]2[C@H](CN1C(=O)[C@@H](CC(=O)CC(C)(C)C)C(C)(C)C)C2(C)C)CC1CCC1. The van der Waals surface area contributed by atoms with Gasteiger partial charge in [0.1, 0.15) is 5.78 Å². The molecular weight excluding hydrogens is 628 g/mol. The molecule has 0 radical (unpaired) electrons. The number of piperidine rings is 1. The van der Waals surface area contributed by atoms with Gasteiger partial charge in [-0.25, -0.2) is 8.42 Å². The minimum absolute atomic E-state index is 0.0278. The van der Waals surface area contributed by atoms with Crippen molar-refractivity contribution in [3.8, 4) is 0 Å². The minimum atomic E-state index is -3.61. The number of hydrogen-bond acceptors (Lipinski definition) is 7. The van der Waals surface area contributed by atoms with Gasteiger partial charge in [0, 0.05) is 56.7 Å². The molecule has 0 aromatic heterocycles. The van der Waals surface area contributed by atoms with Crippen LogP contribution in [0.15, 0.2) is 0 Å². The molecule has 1 heterocycles. The second-order valence-corrected chi connectivity index (χ2v) is 21.2. The van der Waals surface area contributed by atoms with E-state index in [2.05, 4.69) is 13.8 Å². The molecule has 0 spiro atoms. The fourth-order valence-electron chi connectivity index (χ4n) is 7.84. The van der Waals surface area contributed by atoms with Crippen molar-refractivity contribution in [3.05, 3.63) is 0 Å². The molecule has 3 rings (SSSR count). The highest BCUT2D eigenvalue weighted by atomic mass is 32.2. The molecule has 274 valence electrons. The predicted octanol–water partition coefficient (Wildman–Crippen LogP) is 6.27. The van der Waals surface area contributed by atoms with Crippen molar-refractivity contribution >= 4 is 39.1 Å². The normalized spacial score (nSPS) is 24.1. The van der Waals surface area contributed by atoms with Crippen LogP contribution >= 0.6 is 0 Å². The lowest BCUT2D eigenvalue weighted by atomic mass is 9.74. The Kier molecular flexibility index (Phi) is 12.1. The lowest BCUT2D eigenvalue weighted by molar-refractivity contribution is -0.148. The summed E-state index contributed by atoms with van der Waals surface area (Å²) in [5.74, 6) is -2.75. The van der Waals surface area contributed by atoms with E-state index in [9.17, 15) is 32.4 Å². The molecule has 3 fully saturated rings. The van der Waals surface area contributed by atoms with E-state index in [1.54, 1.807) is 25.7 Å². The second kappa shape index (κ2) is 14.4. The van der Waals surface area contributed by atoms with Crippen molar-refractivity contribution in [1.82, 2.24) is 9.21 Å². The first-order chi connectivity index (χ1) is 21.7. The molecule has 1 aliphatic heterocycles. The number of nitrogens with zero attached hydrogens (tertiary/aromatic N) is 2. The predicted molar refractivity (Wildman–Crippen MR) is 189 cm³/mol. The van der Waals surface area contributed by atoms with E-state index < -0.39 is 50.4 Å². The van der Waals surface area contributed by atoms with Gasteiger partial charge in [-0.3, -0.25) is 24.0 Å². The van der Waals surface area contributed by atoms with E-state index in [1.807, 2.05) is 41.5 Å². The summed E-state index contributed by atoms with van der Waals surface area (Å²) in [6, 6.07) is -0.690. The van der Waals surface area contributed by atoms with Gasteiger partial charge in [-0.2, -0.15) is 4.31 Å². The first kappa shape index (κ1) is 40.5. The number of ketones is 4. The Hall–Kier alpha value is -1.94. The van der Waals surface area contributed by atoms with Gasteiger partial charge in [0.15, 0.2) is 11.6 Å². The fourth-order valence-corrected chi connectivity index (χ4v) is 9.45. The third-order valence-electron chi connectivity index (χ3n) is 11.4. The molecule has 1 unspecified atom stereocenters. The number of fused-ring (bicyclic) bond motifs is 1. The van der Waals surface area contributed by atoms with Gasteiger partial charge in [-0.05, 0) is 67.6 Å². The number of likely N-dealkylation sites (tertiary alicyclic amines) is 1. The number of rotatable bonds is 16. The van der Waals surface area contributed by atoms with Crippen LogP contribution in [0.4, 0.5) is 0 Å². The van der Waals surface area contributed by atoms with Crippen LogP contribution < -0.4 is 0 Å². The number of hydrogen-bond donors (Lipinski definition) is 0. The molecule has 48 heavy (non-hydrogen) atoms. The summed E-state index contributed by atoms with van der Waals surface area (Å²) in [5.41, 5.74) is -1.42. The largest absolute Gasteiger partial charge is 0.332 e. The van der Waals surface area contributed by atoms with E-state index in [1.165, 1.54) is 11.4 Å². The molecule has 0 aromatic carbocycles. The standard InChI is InChI=1S/C38H64N2O7S/c1-35(2,3)22-26(41)21-27(36(4,5)6)34(45)40-23-28-31(38(28,10)11)32(40)30(43)20-25(19-24-15-13-16-24)33(44)29(42)17-14-18-48(46,47)39(12)37(7,8)9/h24-25,27-28,31-32H,13-23H2,1-12H3/t25?,27-,28+,31+,32-/m1/s1. The number of carbonyl (C=O) groups is 5. The van der Waals surface area contributed by atoms with Gasteiger partial charge in [0.05, 0.1) is 11.8 Å². The van der Waals surface area contributed by atoms with Crippen LogP contribution in [-0.2, 0) is 34.0 Å². The average molecular weight is 693 g/mol. The molecule has 3 aliphatic rings. The molecule has 2 aliphatic carbocycles. The molecule has 5 atom stereocenters. The van der Waals surface area contributed by atoms with Gasteiger partial charge in [0.25, 0.3) is 0 Å². The highest BCUT2D eigenvalue weighted by molar-refractivity contribution is 7.89. The van der Waals surface area contributed by atoms with Crippen LogP contribution in [0.1, 0.15) is 134 Å². The van der Waals surface area contributed by atoms with Crippen molar-refractivity contribution < 1.29 is 32.4 Å². The monoisotopic (exact) mass is 692 g/mol. The molecule has 1 saturated heterocycles. The van der Waals surface area contributed by atoms with Gasteiger partial charge in [-0.15, -0.1) is 0 Å². The van der Waals surface area contributed by atoms with Gasteiger partial charge in [0.2, 0.25) is 21.7 Å². The van der Waals surface area contributed by atoms with Gasteiger partial charge in [-0.1, -0.05) is 74.7 Å². The lowest BCUT2D eigenvalue weighted by Crippen LogP contribution is -2.51. The summed E-state index contributed by atoms with van der Waals surface area (Å²) in [6.07, 6.45) is 3.62. The van der Waals surface area contributed by atoms with Crippen LogP contribution in [0, 0.1) is 45.8 Å². The zero-order valence-electron chi connectivity index (χ0n) is 31.9. The highest BCUT2D eigenvalue weighted by Gasteiger charge is 2.69. The fraction of sp³-hybridized carbons (Fsp3) is 0.868. The Balaban J connectivity index is 1.79. The molecular formula is C38H64N2O7S. The number of Topliss-reactive ketones (excluding diaryl/α,β-unsaturated/α-hetero) is 4. The molecule has 2 saturated carbocycles. The summed E-state index contributed by atoms with van der Waals surface area (Å²) in [7, 11) is -2.10. The van der Waals surface area contributed by atoms with Crippen LogP contribution in [0.2, 0.25) is 0 Å². The smallest absolute Gasteiger partial charge is 0.227 e. The molecule has 0 bridgehead atoms. The van der Waals surface area contributed by atoms with Crippen LogP contribution in [0.3, 0.4) is 0 Å². The maximum absolute atomic E-state index is 14.3.